The number of thiophene rings is 1. The molecule has 0 amide bonds. The van der Waals surface area contributed by atoms with Gasteiger partial charge in [-0.15, -0.1) is 11.3 Å². The Morgan fingerprint density at radius 1 is 1.40 bits per heavy atom. The van der Waals surface area contributed by atoms with Gasteiger partial charge in [-0.25, -0.2) is 4.79 Å². The minimum atomic E-state index is -1.31. The number of nitrogens with one attached hydrogen (secondary N) is 1. The number of hydrogen-bond donors (Lipinski definition) is 2. The highest BCUT2D eigenvalue weighted by Crippen LogP contribution is 2.22. The molecule has 1 heterocycles. The summed E-state index contributed by atoms with van der Waals surface area (Å²) in [4.78, 5) is 22.3. The molecule has 1 aromatic heterocycles. The van der Waals surface area contributed by atoms with Crippen LogP contribution in [-0.2, 0) is 6.42 Å². The molecule has 0 saturated carbocycles. The highest BCUT2D eigenvalue weighted by molar-refractivity contribution is 7.09. The molecule has 0 atom stereocenters. The number of nitro groups is 1. The lowest BCUT2D eigenvalue weighted by molar-refractivity contribution is -0.385. The Kier molecular flexibility index (Phi) is 4.31. The molecule has 1 aromatic carbocycles. The van der Waals surface area contributed by atoms with Crippen LogP contribution in [0.3, 0.4) is 0 Å². The summed E-state index contributed by atoms with van der Waals surface area (Å²) >= 11 is 1.65. The Hall–Kier alpha value is -2.41. The lowest BCUT2D eigenvalue weighted by Crippen LogP contribution is -2.07. The van der Waals surface area contributed by atoms with E-state index >= 15 is 0 Å². The van der Waals surface area contributed by atoms with Gasteiger partial charge < -0.3 is 10.4 Å². The van der Waals surface area contributed by atoms with E-state index in [9.17, 15) is 14.9 Å². The first kappa shape index (κ1) is 14.0. The first-order chi connectivity index (χ1) is 9.58. The van der Waals surface area contributed by atoms with Gasteiger partial charge in [0.15, 0.2) is 0 Å². The van der Waals surface area contributed by atoms with E-state index in [1.54, 1.807) is 11.3 Å². The van der Waals surface area contributed by atoms with Crippen LogP contribution in [0.25, 0.3) is 0 Å². The van der Waals surface area contributed by atoms with E-state index in [0.717, 1.165) is 6.42 Å². The van der Waals surface area contributed by atoms with Crippen molar-refractivity contribution in [3.63, 3.8) is 0 Å². The largest absolute Gasteiger partial charge is 0.477 e. The second kappa shape index (κ2) is 6.16. The van der Waals surface area contributed by atoms with E-state index in [-0.39, 0.29) is 5.56 Å². The fourth-order valence-electron chi connectivity index (χ4n) is 1.76. The van der Waals surface area contributed by atoms with E-state index < -0.39 is 16.6 Å². The maximum atomic E-state index is 11.0. The van der Waals surface area contributed by atoms with Gasteiger partial charge in [0.1, 0.15) is 5.56 Å². The summed E-state index contributed by atoms with van der Waals surface area (Å²) in [5, 5.41) is 24.8. The number of benzene rings is 1. The van der Waals surface area contributed by atoms with E-state index in [1.165, 1.54) is 23.1 Å². The second-order valence-corrected chi connectivity index (χ2v) is 5.08. The third-order valence-electron chi connectivity index (χ3n) is 2.70. The molecule has 2 rings (SSSR count). The maximum Gasteiger partial charge on any atom is 0.342 e. The Bertz CT molecular complexity index is 625. The molecule has 0 radical (unpaired) electrons. The predicted octanol–water partition coefficient (Wildman–Crippen LogP) is 3.01. The van der Waals surface area contributed by atoms with Crippen LogP contribution in [0.15, 0.2) is 35.7 Å². The van der Waals surface area contributed by atoms with Crippen molar-refractivity contribution >= 4 is 28.7 Å². The van der Waals surface area contributed by atoms with Gasteiger partial charge in [-0.1, -0.05) is 6.07 Å². The van der Waals surface area contributed by atoms with Crippen LogP contribution in [0.1, 0.15) is 15.2 Å². The van der Waals surface area contributed by atoms with Gasteiger partial charge in [-0.05, 0) is 30.0 Å². The molecule has 0 aliphatic heterocycles. The molecule has 20 heavy (non-hydrogen) atoms. The van der Waals surface area contributed by atoms with Crippen LogP contribution in [0.2, 0.25) is 0 Å². The molecule has 6 nitrogen and oxygen atoms in total. The summed E-state index contributed by atoms with van der Waals surface area (Å²) in [5.41, 5.74) is -0.151. The summed E-state index contributed by atoms with van der Waals surface area (Å²) in [6.45, 7) is 0.636. The van der Waals surface area contributed by atoms with Crippen LogP contribution < -0.4 is 5.32 Å². The lowest BCUT2D eigenvalue weighted by atomic mass is 10.1. The summed E-state index contributed by atoms with van der Waals surface area (Å²) in [5.74, 6) is -1.31. The Labute approximate surface area is 118 Å². The molecule has 0 unspecified atom stereocenters. The van der Waals surface area contributed by atoms with Crippen molar-refractivity contribution in [2.24, 2.45) is 0 Å². The zero-order valence-electron chi connectivity index (χ0n) is 10.4. The summed E-state index contributed by atoms with van der Waals surface area (Å²) in [7, 11) is 0. The van der Waals surface area contributed by atoms with Crippen molar-refractivity contribution in [3.8, 4) is 0 Å². The van der Waals surface area contributed by atoms with Gasteiger partial charge in [0.05, 0.1) is 4.92 Å². The molecule has 104 valence electrons. The van der Waals surface area contributed by atoms with E-state index in [0.29, 0.717) is 12.2 Å². The topological polar surface area (TPSA) is 92.5 Å². The number of aromatic carboxylic acids is 1. The summed E-state index contributed by atoms with van der Waals surface area (Å²) in [6, 6.07) is 7.99. The lowest BCUT2D eigenvalue weighted by Gasteiger charge is -2.06. The number of nitrogens with zero attached hydrogens (tertiary/aromatic N) is 1. The Morgan fingerprint density at radius 2 is 2.20 bits per heavy atom. The fraction of sp³-hybridized carbons (Fsp3) is 0.154. The van der Waals surface area contributed by atoms with Gasteiger partial charge in [0, 0.05) is 23.2 Å². The van der Waals surface area contributed by atoms with Crippen LogP contribution >= 0.6 is 11.3 Å². The van der Waals surface area contributed by atoms with E-state index in [2.05, 4.69) is 5.32 Å². The van der Waals surface area contributed by atoms with Crippen molar-refractivity contribution in [1.29, 1.82) is 0 Å². The molecule has 7 heteroatoms. The average Bonchev–Trinajstić information content (AvgIpc) is 2.91. The number of rotatable bonds is 6. The highest BCUT2D eigenvalue weighted by Gasteiger charge is 2.19. The zero-order chi connectivity index (χ0) is 14.5. The van der Waals surface area contributed by atoms with Crippen LogP contribution in [0.4, 0.5) is 11.4 Å². The second-order valence-electron chi connectivity index (χ2n) is 4.05. The SMILES string of the molecule is O=C(O)c1cc(NCCc2cccs2)ccc1[N+](=O)[O-]. The van der Waals surface area contributed by atoms with Gasteiger partial charge >= 0.3 is 5.97 Å². The molecular formula is C13H12N2O4S. The Morgan fingerprint density at radius 3 is 2.80 bits per heavy atom. The average molecular weight is 292 g/mol. The number of nitro benzene ring substituents is 1. The first-order valence-electron chi connectivity index (χ1n) is 5.86. The molecule has 0 fully saturated rings. The van der Waals surface area contributed by atoms with E-state index in [1.807, 2.05) is 17.5 Å². The monoisotopic (exact) mass is 292 g/mol. The minimum Gasteiger partial charge on any atom is -0.477 e. The van der Waals surface area contributed by atoms with Crippen LogP contribution in [0, 0.1) is 10.1 Å². The fourth-order valence-corrected chi connectivity index (χ4v) is 2.47. The molecule has 2 aromatic rings. The number of anilines is 1. The van der Waals surface area contributed by atoms with Crippen LogP contribution in [-0.4, -0.2) is 22.5 Å². The zero-order valence-corrected chi connectivity index (χ0v) is 11.2. The third kappa shape index (κ3) is 3.33. The quantitative estimate of drug-likeness (QED) is 0.630. The standard InChI is InChI=1S/C13H12N2O4S/c16-13(17)11-8-9(3-4-12(11)15(18)19)14-6-5-10-2-1-7-20-10/h1-4,7-8,14H,5-6H2,(H,16,17). The van der Waals surface area contributed by atoms with Crippen LogP contribution in [0.5, 0.6) is 0 Å². The third-order valence-corrected chi connectivity index (χ3v) is 3.64. The smallest absolute Gasteiger partial charge is 0.342 e. The molecule has 2 N–H and O–H groups in total. The Balaban J connectivity index is 2.07. The predicted molar refractivity (Wildman–Crippen MR) is 76.6 cm³/mol. The van der Waals surface area contributed by atoms with Crippen molar-refractivity contribution < 1.29 is 14.8 Å². The van der Waals surface area contributed by atoms with Gasteiger partial charge in [-0.2, -0.15) is 0 Å². The van der Waals surface area contributed by atoms with Gasteiger partial charge in [0.25, 0.3) is 5.69 Å². The van der Waals surface area contributed by atoms with Crippen molar-refractivity contribution in [2.75, 3.05) is 11.9 Å². The summed E-state index contributed by atoms with van der Waals surface area (Å²) < 4.78 is 0. The number of carboxylic acid groups (broad SMARTS) is 1. The molecule has 0 spiro atoms. The number of carboxylic acids is 1. The normalized spacial score (nSPS) is 10.2. The highest BCUT2D eigenvalue weighted by atomic mass is 32.1. The molecule has 0 aliphatic carbocycles. The first-order valence-corrected chi connectivity index (χ1v) is 6.74. The van der Waals surface area contributed by atoms with Crippen molar-refractivity contribution in [2.45, 2.75) is 6.42 Å². The molecule has 0 aliphatic rings. The number of hydrogen-bond acceptors (Lipinski definition) is 5. The maximum absolute atomic E-state index is 11.0. The van der Waals surface area contributed by atoms with Gasteiger partial charge in [0.2, 0.25) is 0 Å². The molecule has 0 saturated heterocycles. The van der Waals surface area contributed by atoms with E-state index in [4.69, 9.17) is 5.11 Å². The summed E-state index contributed by atoms with van der Waals surface area (Å²) in [6.07, 6.45) is 0.817. The molecule has 0 bridgehead atoms. The van der Waals surface area contributed by atoms with Crippen molar-refractivity contribution in [3.05, 3.63) is 56.3 Å². The number of carbonyl (C=O) groups is 1. The van der Waals surface area contributed by atoms with Crippen molar-refractivity contribution in [1.82, 2.24) is 0 Å². The minimum absolute atomic E-state index is 0.309. The van der Waals surface area contributed by atoms with Gasteiger partial charge in [-0.3, -0.25) is 10.1 Å². The molecular weight excluding hydrogens is 280 g/mol.